The smallest absolute Gasteiger partial charge is 0.257 e. The van der Waals surface area contributed by atoms with Crippen LogP contribution in [0.2, 0.25) is 0 Å². The van der Waals surface area contributed by atoms with E-state index in [9.17, 15) is 4.79 Å². The molecule has 1 amide bonds. The largest absolute Gasteiger partial charge is 0.490 e. The molecule has 5 heteroatoms. The van der Waals surface area contributed by atoms with Crippen LogP contribution in [-0.4, -0.2) is 37.2 Å². The number of hydrogen-bond donors (Lipinski definition) is 0. The molecule has 2 aromatic carbocycles. The number of rotatable bonds is 10. The summed E-state index contributed by atoms with van der Waals surface area (Å²) in [6, 6.07) is 19.0. The molecule has 0 saturated carbocycles. The Morgan fingerprint density at radius 2 is 1.81 bits per heavy atom. The normalized spacial score (nSPS) is 10.2. The first kappa shape index (κ1) is 19.5. The van der Waals surface area contributed by atoms with E-state index in [2.05, 4.69) is 6.07 Å². The lowest BCUT2D eigenvalue weighted by Crippen LogP contribution is -2.31. The lowest BCUT2D eigenvalue weighted by Gasteiger charge is -2.23. The maximum atomic E-state index is 13.1. The number of carbonyl (C=O) groups is 1. The number of para-hydroxylation sites is 1. The van der Waals surface area contributed by atoms with Gasteiger partial charge in [0.05, 0.1) is 24.7 Å². The minimum absolute atomic E-state index is 0.142. The highest BCUT2D eigenvalue weighted by molar-refractivity contribution is 5.96. The maximum Gasteiger partial charge on any atom is 0.257 e. The topological polar surface area (TPSA) is 62.6 Å². The van der Waals surface area contributed by atoms with Crippen LogP contribution in [0.5, 0.6) is 5.75 Å². The number of nitriles is 1. The Morgan fingerprint density at radius 3 is 2.54 bits per heavy atom. The standard InChI is InChI=1S/C21H24N2O3/c1-2-25-15-16-26-20-12-7-6-11-19(20)21(24)23(14-8-13-22)17-18-9-4-3-5-10-18/h3-7,9-12H,2,8,14-17H2,1H3. The van der Waals surface area contributed by atoms with Gasteiger partial charge in [0.2, 0.25) is 0 Å². The molecule has 0 atom stereocenters. The molecule has 0 N–H and O–H groups in total. The van der Waals surface area contributed by atoms with Crippen LogP contribution in [-0.2, 0) is 11.3 Å². The number of carbonyl (C=O) groups excluding carboxylic acids is 1. The summed E-state index contributed by atoms with van der Waals surface area (Å²) in [7, 11) is 0. The van der Waals surface area contributed by atoms with Gasteiger partial charge in [-0.05, 0) is 24.6 Å². The molecule has 2 aromatic rings. The molecule has 0 radical (unpaired) electrons. The molecule has 0 unspecified atom stereocenters. The van der Waals surface area contributed by atoms with Gasteiger partial charge in [-0.2, -0.15) is 5.26 Å². The van der Waals surface area contributed by atoms with Crippen molar-refractivity contribution in [2.45, 2.75) is 19.9 Å². The van der Waals surface area contributed by atoms with E-state index in [1.165, 1.54) is 0 Å². The quantitative estimate of drug-likeness (QED) is 0.612. The Hall–Kier alpha value is -2.84. The SMILES string of the molecule is CCOCCOc1ccccc1C(=O)N(CCC#N)Cc1ccccc1. The lowest BCUT2D eigenvalue weighted by atomic mass is 10.1. The second kappa shape index (κ2) is 10.9. The zero-order valence-corrected chi connectivity index (χ0v) is 15.1. The summed E-state index contributed by atoms with van der Waals surface area (Å²) in [5, 5.41) is 8.93. The molecule has 0 aromatic heterocycles. The fraction of sp³-hybridized carbons (Fsp3) is 0.333. The highest BCUT2D eigenvalue weighted by Crippen LogP contribution is 2.21. The third kappa shape index (κ3) is 5.91. The molecule has 0 aliphatic rings. The second-order valence-electron chi connectivity index (χ2n) is 5.66. The molecular formula is C21H24N2O3. The van der Waals surface area contributed by atoms with Gasteiger partial charge < -0.3 is 14.4 Å². The fourth-order valence-corrected chi connectivity index (χ4v) is 2.54. The van der Waals surface area contributed by atoms with Crippen molar-refractivity contribution in [3.8, 4) is 11.8 Å². The van der Waals surface area contributed by atoms with Gasteiger partial charge >= 0.3 is 0 Å². The Labute approximate surface area is 154 Å². The summed E-state index contributed by atoms with van der Waals surface area (Å²) in [6.45, 7) is 4.24. The molecule has 0 spiro atoms. The molecule has 136 valence electrons. The Morgan fingerprint density at radius 1 is 1.08 bits per heavy atom. The Bertz CT molecular complexity index is 726. The fourth-order valence-electron chi connectivity index (χ4n) is 2.54. The van der Waals surface area contributed by atoms with Crippen molar-refractivity contribution in [2.75, 3.05) is 26.4 Å². The van der Waals surface area contributed by atoms with Crippen LogP contribution in [0.4, 0.5) is 0 Å². The number of benzene rings is 2. The number of nitrogens with zero attached hydrogens (tertiary/aromatic N) is 2. The average molecular weight is 352 g/mol. The Balaban J connectivity index is 2.15. The van der Waals surface area contributed by atoms with Crippen LogP contribution in [0, 0.1) is 11.3 Å². The van der Waals surface area contributed by atoms with Crippen molar-refractivity contribution in [3.63, 3.8) is 0 Å². The lowest BCUT2D eigenvalue weighted by molar-refractivity contribution is 0.0736. The van der Waals surface area contributed by atoms with Gasteiger partial charge in [0.1, 0.15) is 12.4 Å². The van der Waals surface area contributed by atoms with E-state index < -0.39 is 0 Å². The van der Waals surface area contributed by atoms with Crippen LogP contribution in [0.3, 0.4) is 0 Å². The molecule has 0 fully saturated rings. The van der Waals surface area contributed by atoms with Crippen LogP contribution in [0.1, 0.15) is 29.3 Å². The van der Waals surface area contributed by atoms with E-state index in [1.54, 1.807) is 17.0 Å². The minimum Gasteiger partial charge on any atom is -0.490 e. The molecule has 0 saturated heterocycles. The number of ether oxygens (including phenoxy) is 2. The summed E-state index contributed by atoms with van der Waals surface area (Å²) < 4.78 is 11.0. The summed E-state index contributed by atoms with van der Waals surface area (Å²) >= 11 is 0. The van der Waals surface area contributed by atoms with E-state index in [4.69, 9.17) is 14.7 Å². The molecule has 0 aliphatic carbocycles. The van der Waals surface area contributed by atoms with Crippen LogP contribution in [0.25, 0.3) is 0 Å². The van der Waals surface area contributed by atoms with E-state index in [1.807, 2.05) is 49.4 Å². The van der Waals surface area contributed by atoms with Crippen molar-refractivity contribution in [2.24, 2.45) is 0 Å². The summed E-state index contributed by atoms with van der Waals surface area (Å²) in [6.07, 6.45) is 0.284. The van der Waals surface area contributed by atoms with E-state index in [-0.39, 0.29) is 12.3 Å². The highest BCUT2D eigenvalue weighted by Gasteiger charge is 2.19. The number of hydrogen-bond acceptors (Lipinski definition) is 4. The van der Waals surface area contributed by atoms with Crippen LogP contribution in [0.15, 0.2) is 54.6 Å². The van der Waals surface area contributed by atoms with Gasteiger partial charge in [-0.15, -0.1) is 0 Å². The first-order valence-corrected chi connectivity index (χ1v) is 8.76. The third-order valence-corrected chi connectivity index (χ3v) is 3.80. The van der Waals surface area contributed by atoms with Gasteiger partial charge in [0.25, 0.3) is 5.91 Å². The monoisotopic (exact) mass is 352 g/mol. The van der Waals surface area contributed by atoms with Crippen molar-refractivity contribution in [1.82, 2.24) is 4.90 Å². The van der Waals surface area contributed by atoms with Gasteiger partial charge in [-0.1, -0.05) is 42.5 Å². The van der Waals surface area contributed by atoms with E-state index >= 15 is 0 Å². The minimum atomic E-state index is -0.142. The number of amides is 1. The van der Waals surface area contributed by atoms with Crippen LogP contribution >= 0.6 is 0 Å². The molecule has 5 nitrogen and oxygen atoms in total. The maximum absolute atomic E-state index is 13.1. The molecule has 0 heterocycles. The summed E-state index contributed by atoms with van der Waals surface area (Å²) in [4.78, 5) is 14.8. The van der Waals surface area contributed by atoms with Gasteiger partial charge in [-0.3, -0.25) is 4.79 Å². The molecule has 0 bridgehead atoms. The predicted molar refractivity (Wildman–Crippen MR) is 99.8 cm³/mol. The van der Waals surface area contributed by atoms with E-state index in [0.29, 0.717) is 44.2 Å². The highest BCUT2D eigenvalue weighted by atomic mass is 16.5. The molecule has 26 heavy (non-hydrogen) atoms. The first-order valence-electron chi connectivity index (χ1n) is 8.76. The van der Waals surface area contributed by atoms with E-state index in [0.717, 1.165) is 5.56 Å². The van der Waals surface area contributed by atoms with Gasteiger partial charge in [0, 0.05) is 19.7 Å². The molecule has 0 aliphatic heterocycles. The van der Waals surface area contributed by atoms with Crippen molar-refractivity contribution >= 4 is 5.91 Å². The zero-order chi connectivity index (χ0) is 18.6. The third-order valence-electron chi connectivity index (χ3n) is 3.80. The van der Waals surface area contributed by atoms with Crippen molar-refractivity contribution < 1.29 is 14.3 Å². The molecular weight excluding hydrogens is 328 g/mol. The van der Waals surface area contributed by atoms with Gasteiger partial charge in [-0.25, -0.2) is 0 Å². The second-order valence-corrected chi connectivity index (χ2v) is 5.66. The van der Waals surface area contributed by atoms with Gasteiger partial charge in [0.15, 0.2) is 0 Å². The van der Waals surface area contributed by atoms with Crippen molar-refractivity contribution in [1.29, 1.82) is 5.26 Å². The first-order chi connectivity index (χ1) is 12.8. The Kier molecular flexibility index (Phi) is 8.17. The zero-order valence-electron chi connectivity index (χ0n) is 15.1. The van der Waals surface area contributed by atoms with Crippen molar-refractivity contribution in [3.05, 3.63) is 65.7 Å². The average Bonchev–Trinajstić information content (AvgIpc) is 2.69. The summed E-state index contributed by atoms with van der Waals surface area (Å²) in [5.74, 6) is 0.392. The molecule has 2 rings (SSSR count). The van der Waals surface area contributed by atoms with Crippen LogP contribution < -0.4 is 4.74 Å². The summed E-state index contributed by atoms with van der Waals surface area (Å²) in [5.41, 5.74) is 1.52. The predicted octanol–water partition coefficient (Wildman–Crippen LogP) is 3.66.